The normalized spacial score (nSPS) is 11.5. The van der Waals surface area contributed by atoms with Crippen LogP contribution < -0.4 is 10.2 Å². The average molecular weight is 280 g/mol. The highest BCUT2D eigenvalue weighted by Crippen LogP contribution is 2.24. The largest absolute Gasteiger partial charge is 0.395 e. The van der Waals surface area contributed by atoms with Crippen LogP contribution in [0.1, 0.15) is 46.9 Å². The molecule has 0 aliphatic rings. The first-order valence-corrected chi connectivity index (χ1v) is 7.41. The van der Waals surface area contributed by atoms with Gasteiger partial charge in [0.1, 0.15) is 17.5 Å². The zero-order chi connectivity index (χ0) is 15.2. The Labute approximate surface area is 122 Å². The molecule has 1 aromatic heterocycles. The summed E-state index contributed by atoms with van der Waals surface area (Å²) in [5.74, 6) is 2.56. The monoisotopic (exact) mass is 280 g/mol. The van der Waals surface area contributed by atoms with Crippen molar-refractivity contribution in [3.8, 4) is 0 Å². The molecule has 0 aromatic carbocycles. The third-order valence-electron chi connectivity index (χ3n) is 2.93. The first kappa shape index (κ1) is 16.7. The zero-order valence-electron chi connectivity index (χ0n) is 13.4. The van der Waals surface area contributed by atoms with Gasteiger partial charge in [0.05, 0.1) is 6.61 Å². The van der Waals surface area contributed by atoms with Crippen LogP contribution in [0.15, 0.2) is 6.07 Å². The van der Waals surface area contributed by atoms with Crippen LogP contribution in [0.5, 0.6) is 0 Å². The van der Waals surface area contributed by atoms with Crippen molar-refractivity contribution in [3.05, 3.63) is 11.9 Å². The van der Waals surface area contributed by atoms with E-state index >= 15 is 0 Å². The number of nitrogens with one attached hydrogen (secondary N) is 1. The fraction of sp³-hybridized carbons (Fsp3) is 0.733. The minimum atomic E-state index is -0.0999. The van der Waals surface area contributed by atoms with Crippen LogP contribution in [0.2, 0.25) is 0 Å². The van der Waals surface area contributed by atoms with Crippen LogP contribution in [-0.4, -0.2) is 41.3 Å². The van der Waals surface area contributed by atoms with E-state index in [2.05, 4.69) is 54.8 Å². The lowest BCUT2D eigenvalue weighted by Crippen LogP contribution is -2.30. The molecule has 0 saturated heterocycles. The summed E-state index contributed by atoms with van der Waals surface area (Å²) in [6, 6.07) is 1.96. The molecule has 1 rings (SSSR count). The van der Waals surface area contributed by atoms with Gasteiger partial charge in [0.15, 0.2) is 0 Å². The van der Waals surface area contributed by atoms with E-state index in [1.807, 2.05) is 6.07 Å². The summed E-state index contributed by atoms with van der Waals surface area (Å²) in [6.45, 7) is 12.9. The smallest absolute Gasteiger partial charge is 0.138 e. The number of aromatic nitrogens is 2. The van der Waals surface area contributed by atoms with Gasteiger partial charge in [-0.2, -0.15) is 0 Å². The molecule has 5 nitrogen and oxygen atoms in total. The predicted octanol–water partition coefficient (Wildman–Crippen LogP) is 2.41. The highest BCUT2D eigenvalue weighted by Gasteiger charge is 2.20. The number of anilines is 2. The van der Waals surface area contributed by atoms with E-state index in [1.54, 1.807) is 0 Å². The molecule has 20 heavy (non-hydrogen) atoms. The van der Waals surface area contributed by atoms with Gasteiger partial charge in [-0.05, 0) is 13.3 Å². The Hall–Kier alpha value is -1.36. The topological polar surface area (TPSA) is 61.3 Å². The van der Waals surface area contributed by atoms with Crippen LogP contribution in [0.4, 0.5) is 11.6 Å². The Morgan fingerprint density at radius 2 is 1.90 bits per heavy atom. The summed E-state index contributed by atoms with van der Waals surface area (Å²) < 4.78 is 0. The SMILES string of the molecule is CCCN(CCO)c1cc(NCC)nc(C(C)(C)C)n1. The second-order valence-corrected chi connectivity index (χ2v) is 5.93. The van der Waals surface area contributed by atoms with Gasteiger partial charge >= 0.3 is 0 Å². The van der Waals surface area contributed by atoms with Crippen molar-refractivity contribution in [1.82, 2.24) is 9.97 Å². The number of rotatable bonds is 7. The van der Waals surface area contributed by atoms with Crippen molar-refractivity contribution in [2.45, 2.75) is 46.5 Å². The van der Waals surface area contributed by atoms with Gasteiger partial charge in [0.25, 0.3) is 0 Å². The summed E-state index contributed by atoms with van der Waals surface area (Å²) in [5.41, 5.74) is -0.0999. The second-order valence-electron chi connectivity index (χ2n) is 5.93. The Morgan fingerprint density at radius 1 is 1.20 bits per heavy atom. The molecule has 0 aliphatic heterocycles. The van der Waals surface area contributed by atoms with Crippen LogP contribution in [0, 0.1) is 0 Å². The molecular formula is C15H28N4O. The maximum Gasteiger partial charge on any atom is 0.138 e. The van der Waals surface area contributed by atoms with E-state index in [9.17, 15) is 5.11 Å². The highest BCUT2D eigenvalue weighted by molar-refractivity contribution is 5.50. The molecule has 0 fully saturated rings. The van der Waals surface area contributed by atoms with Gasteiger partial charge in [-0.3, -0.25) is 0 Å². The Kier molecular flexibility index (Phi) is 6.20. The summed E-state index contributed by atoms with van der Waals surface area (Å²) >= 11 is 0. The van der Waals surface area contributed by atoms with Crippen LogP contribution in [0.25, 0.3) is 0 Å². The number of aliphatic hydroxyl groups excluding tert-OH is 1. The average Bonchev–Trinajstić information content (AvgIpc) is 2.37. The van der Waals surface area contributed by atoms with Crippen molar-refractivity contribution in [2.24, 2.45) is 0 Å². The van der Waals surface area contributed by atoms with E-state index < -0.39 is 0 Å². The number of hydrogen-bond acceptors (Lipinski definition) is 5. The molecule has 2 N–H and O–H groups in total. The summed E-state index contributed by atoms with van der Waals surface area (Å²) in [4.78, 5) is 11.4. The first-order chi connectivity index (χ1) is 9.42. The Bertz CT molecular complexity index is 409. The highest BCUT2D eigenvalue weighted by atomic mass is 16.3. The fourth-order valence-electron chi connectivity index (χ4n) is 1.94. The summed E-state index contributed by atoms with van der Waals surface area (Å²) in [6.07, 6.45) is 1.02. The minimum absolute atomic E-state index is 0.0999. The quantitative estimate of drug-likeness (QED) is 0.803. The second kappa shape index (κ2) is 7.43. The van der Waals surface area contributed by atoms with Crippen molar-refractivity contribution in [3.63, 3.8) is 0 Å². The van der Waals surface area contributed by atoms with Gasteiger partial charge < -0.3 is 15.3 Å². The molecule has 0 amide bonds. The maximum absolute atomic E-state index is 9.23. The van der Waals surface area contributed by atoms with Crippen molar-refractivity contribution in [1.29, 1.82) is 0 Å². The molecular weight excluding hydrogens is 252 g/mol. The standard InChI is InChI=1S/C15H28N4O/c1-6-8-19(9-10-20)13-11-12(16-7-2)17-14(18-13)15(3,4)5/h11,20H,6-10H2,1-5H3,(H,16,17,18). The molecule has 0 spiro atoms. The summed E-state index contributed by atoms with van der Waals surface area (Å²) in [7, 11) is 0. The fourth-order valence-corrected chi connectivity index (χ4v) is 1.94. The molecule has 0 aliphatic carbocycles. The molecule has 0 atom stereocenters. The van der Waals surface area contributed by atoms with Crippen LogP contribution in [0.3, 0.4) is 0 Å². The van der Waals surface area contributed by atoms with Gasteiger partial charge in [0.2, 0.25) is 0 Å². The van der Waals surface area contributed by atoms with E-state index in [1.165, 1.54) is 0 Å². The van der Waals surface area contributed by atoms with Gasteiger partial charge in [0, 0.05) is 31.1 Å². The molecule has 1 heterocycles. The first-order valence-electron chi connectivity index (χ1n) is 7.41. The number of aliphatic hydroxyl groups is 1. The Balaban J connectivity index is 3.18. The van der Waals surface area contributed by atoms with E-state index in [4.69, 9.17) is 0 Å². The summed E-state index contributed by atoms with van der Waals surface area (Å²) in [5, 5.41) is 12.5. The molecule has 0 radical (unpaired) electrons. The molecule has 1 aromatic rings. The van der Waals surface area contributed by atoms with Crippen LogP contribution >= 0.6 is 0 Å². The molecule has 5 heteroatoms. The van der Waals surface area contributed by atoms with E-state index in [0.29, 0.717) is 6.54 Å². The third kappa shape index (κ3) is 4.63. The minimum Gasteiger partial charge on any atom is -0.395 e. The molecule has 0 bridgehead atoms. The Morgan fingerprint density at radius 3 is 2.40 bits per heavy atom. The van der Waals surface area contributed by atoms with Crippen molar-refractivity contribution < 1.29 is 5.11 Å². The lowest BCUT2D eigenvalue weighted by atomic mass is 9.96. The number of nitrogens with zero attached hydrogens (tertiary/aromatic N) is 3. The molecule has 0 unspecified atom stereocenters. The van der Waals surface area contributed by atoms with Crippen LogP contribution in [-0.2, 0) is 5.41 Å². The lowest BCUT2D eigenvalue weighted by Gasteiger charge is -2.25. The van der Waals surface area contributed by atoms with Crippen molar-refractivity contribution >= 4 is 11.6 Å². The van der Waals surface area contributed by atoms with Crippen molar-refractivity contribution in [2.75, 3.05) is 36.5 Å². The third-order valence-corrected chi connectivity index (χ3v) is 2.93. The van der Waals surface area contributed by atoms with Gasteiger partial charge in [-0.25, -0.2) is 9.97 Å². The number of hydrogen-bond donors (Lipinski definition) is 2. The lowest BCUT2D eigenvalue weighted by molar-refractivity contribution is 0.301. The zero-order valence-corrected chi connectivity index (χ0v) is 13.4. The predicted molar refractivity (Wildman–Crippen MR) is 84.5 cm³/mol. The maximum atomic E-state index is 9.23. The van der Waals surface area contributed by atoms with Gasteiger partial charge in [-0.15, -0.1) is 0 Å². The van der Waals surface area contributed by atoms with E-state index in [0.717, 1.165) is 37.0 Å². The molecule has 114 valence electrons. The van der Waals surface area contributed by atoms with Gasteiger partial charge in [-0.1, -0.05) is 27.7 Å². The molecule has 0 saturated carbocycles. The van der Waals surface area contributed by atoms with E-state index in [-0.39, 0.29) is 12.0 Å².